The van der Waals surface area contributed by atoms with Gasteiger partial charge >= 0.3 is 0 Å². The van der Waals surface area contributed by atoms with Gasteiger partial charge in [-0.15, -0.1) is 0 Å². The van der Waals surface area contributed by atoms with Crippen LogP contribution in [0.15, 0.2) is 36.4 Å². The van der Waals surface area contributed by atoms with E-state index in [1.807, 2.05) is 18.2 Å². The van der Waals surface area contributed by atoms with Gasteiger partial charge in [0, 0.05) is 11.8 Å². The predicted molar refractivity (Wildman–Crippen MR) is 76.9 cm³/mol. The molecule has 0 spiro atoms. The number of anilines is 2. The van der Waals surface area contributed by atoms with Crippen molar-refractivity contribution in [2.45, 2.75) is 13.8 Å². The lowest BCUT2D eigenvalue weighted by molar-refractivity contribution is 0.415. The molecule has 0 heterocycles. The number of methoxy groups -OCH3 is 1. The first kappa shape index (κ1) is 13.0. The Balaban J connectivity index is 2.42. The topological polar surface area (TPSA) is 45.0 Å². The Bertz CT molecular complexity index is 642. The lowest BCUT2D eigenvalue weighted by Crippen LogP contribution is -1.97. The zero-order valence-electron chi connectivity index (χ0n) is 11.3. The molecule has 0 fully saturated rings. The standard InChI is InChI=1S/C16H16N2O/c1-11-5-4-6-15(12(11)2)18-16-9-14(19-3)8-7-13(16)10-17/h4-9,18H,1-3H3. The fourth-order valence-corrected chi connectivity index (χ4v) is 1.88. The first-order chi connectivity index (χ1) is 9.15. The molecule has 0 saturated carbocycles. The van der Waals surface area contributed by atoms with Crippen molar-refractivity contribution < 1.29 is 4.74 Å². The van der Waals surface area contributed by atoms with Gasteiger partial charge in [-0.3, -0.25) is 0 Å². The van der Waals surface area contributed by atoms with Crippen LogP contribution >= 0.6 is 0 Å². The van der Waals surface area contributed by atoms with Crippen LogP contribution < -0.4 is 10.1 Å². The summed E-state index contributed by atoms with van der Waals surface area (Å²) in [5, 5.41) is 12.5. The zero-order chi connectivity index (χ0) is 13.8. The number of hydrogen-bond donors (Lipinski definition) is 1. The Morgan fingerprint density at radius 3 is 2.58 bits per heavy atom. The smallest absolute Gasteiger partial charge is 0.121 e. The molecule has 0 aromatic heterocycles. The number of benzene rings is 2. The third-order valence-electron chi connectivity index (χ3n) is 3.22. The Hall–Kier alpha value is -2.47. The van der Waals surface area contributed by atoms with Gasteiger partial charge in [-0.25, -0.2) is 0 Å². The minimum atomic E-state index is 0.599. The van der Waals surface area contributed by atoms with Crippen LogP contribution in [0.4, 0.5) is 11.4 Å². The van der Waals surface area contributed by atoms with Gasteiger partial charge in [0.15, 0.2) is 0 Å². The van der Waals surface area contributed by atoms with E-state index in [-0.39, 0.29) is 0 Å². The number of nitrogens with zero attached hydrogens (tertiary/aromatic N) is 1. The summed E-state index contributed by atoms with van der Waals surface area (Å²) in [5.41, 5.74) is 4.75. The number of nitriles is 1. The average Bonchev–Trinajstić information content (AvgIpc) is 2.43. The van der Waals surface area contributed by atoms with Crippen LogP contribution in [0, 0.1) is 25.2 Å². The molecule has 1 N–H and O–H groups in total. The van der Waals surface area contributed by atoms with E-state index < -0.39 is 0 Å². The second-order valence-electron chi connectivity index (χ2n) is 4.40. The maximum atomic E-state index is 9.15. The minimum Gasteiger partial charge on any atom is -0.497 e. The van der Waals surface area contributed by atoms with Crippen LogP contribution in [-0.4, -0.2) is 7.11 Å². The molecular formula is C16H16N2O. The second kappa shape index (κ2) is 5.45. The van der Waals surface area contributed by atoms with Crippen molar-refractivity contribution in [2.75, 3.05) is 12.4 Å². The van der Waals surface area contributed by atoms with Crippen molar-refractivity contribution in [1.82, 2.24) is 0 Å². The molecule has 0 atom stereocenters. The molecule has 0 bridgehead atoms. The van der Waals surface area contributed by atoms with Gasteiger partial charge in [0.2, 0.25) is 0 Å². The van der Waals surface area contributed by atoms with Crippen LogP contribution in [0.5, 0.6) is 5.75 Å². The first-order valence-corrected chi connectivity index (χ1v) is 6.07. The molecule has 0 unspecified atom stereocenters. The van der Waals surface area contributed by atoms with Gasteiger partial charge in [0.1, 0.15) is 11.8 Å². The van der Waals surface area contributed by atoms with Crippen molar-refractivity contribution in [3.63, 3.8) is 0 Å². The van der Waals surface area contributed by atoms with E-state index in [1.54, 1.807) is 19.2 Å². The summed E-state index contributed by atoms with van der Waals surface area (Å²) in [7, 11) is 1.61. The van der Waals surface area contributed by atoms with Crippen molar-refractivity contribution in [3.05, 3.63) is 53.1 Å². The second-order valence-corrected chi connectivity index (χ2v) is 4.40. The predicted octanol–water partition coefficient (Wildman–Crippen LogP) is 3.93. The van der Waals surface area contributed by atoms with Crippen LogP contribution in [0.3, 0.4) is 0 Å². The Labute approximate surface area is 113 Å². The quantitative estimate of drug-likeness (QED) is 0.900. The lowest BCUT2D eigenvalue weighted by Gasteiger charge is -2.13. The molecule has 96 valence electrons. The van der Waals surface area contributed by atoms with Crippen LogP contribution in [0.25, 0.3) is 0 Å². The number of ether oxygens (including phenoxy) is 1. The number of rotatable bonds is 3. The molecule has 0 amide bonds. The maximum absolute atomic E-state index is 9.15. The largest absolute Gasteiger partial charge is 0.497 e. The molecular weight excluding hydrogens is 236 g/mol. The van der Waals surface area contributed by atoms with Crippen molar-refractivity contribution in [2.24, 2.45) is 0 Å². The summed E-state index contributed by atoms with van der Waals surface area (Å²) in [6.45, 7) is 4.13. The van der Waals surface area contributed by atoms with Gasteiger partial charge in [-0.2, -0.15) is 5.26 Å². The molecule has 19 heavy (non-hydrogen) atoms. The van der Waals surface area contributed by atoms with Gasteiger partial charge < -0.3 is 10.1 Å². The van der Waals surface area contributed by atoms with E-state index in [0.29, 0.717) is 5.56 Å². The highest BCUT2D eigenvalue weighted by Crippen LogP contribution is 2.28. The maximum Gasteiger partial charge on any atom is 0.121 e. The summed E-state index contributed by atoms with van der Waals surface area (Å²) in [5.74, 6) is 0.729. The zero-order valence-corrected chi connectivity index (χ0v) is 11.3. The number of hydrogen-bond acceptors (Lipinski definition) is 3. The summed E-state index contributed by atoms with van der Waals surface area (Å²) < 4.78 is 5.20. The van der Waals surface area contributed by atoms with Crippen molar-refractivity contribution in [3.8, 4) is 11.8 Å². The van der Waals surface area contributed by atoms with Crippen molar-refractivity contribution >= 4 is 11.4 Å². The molecule has 2 rings (SSSR count). The summed E-state index contributed by atoms with van der Waals surface area (Å²) in [4.78, 5) is 0. The lowest BCUT2D eigenvalue weighted by atomic mass is 10.1. The molecule has 0 saturated heterocycles. The summed E-state index contributed by atoms with van der Waals surface area (Å²) in [6.07, 6.45) is 0. The summed E-state index contributed by atoms with van der Waals surface area (Å²) in [6, 6.07) is 13.6. The van der Waals surface area contributed by atoms with Gasteiger partial charge in [-0.1, -0.05) is 12.1 Å². The molecule has 2 aromatic carbocycles. The summed E-state index contributed by atoms with van der Waals surface area (Å²) >= 11 is 0. The molecule has 3 heteroatoms. The van der Waals surface area contributed by atoms with E-state index in [4.69, 9.17) is 10.00 Å². The SMILES string of the molecule is COc1ccc(C#N)c(Nc2cccc(C)c2C)c1. The third kappa shape index (κ3) is 2.69. The highest BCUT2D eigenvalue weighted by atomic mass is 16.5. The number of nitrogens with one attached hydrogen (secondary N) is 1. The van der Waals surface area contributed by atoms with E-state index in [9.17, 15) is 0 Å². The Kier molecular flexibility index (Phi) is 3.72. The van der Waals surface area contributed by atoms with E-state index in [2.05, 4.69) is 31.3 Å². The first-order valence-electron chi connectivity index (χ1n) is 6.07. The highest BCUT2D eigenvalue weighted by molar-refractivity contribution is 5.70. The highest BCUT2D eigenvalue weighted by Gasteiger charge is 2.06. The van der Waals surface area contributed by atoms with E-state index >= 15 is 0 Å². The van der Waals surface area contributed by atoms with Crippen LogP contribution in [0.2, 0.25) is 0 Å². The monoisotopic (exact) mass is 252 g/mol. The Morgan fingerprint density at radius 1 is 1.11 bits per heavy atom. The van der Waals surface area contributed by atoms with Crippen LogP contribution in [-0.2, 0) is 0 Å². The Morgan fingerprint density at radius 2 is 1.89 bits per heavy atom. The van der Waals surface area contributed by atoms with Crippen molar-refractivity contribution in [1.29, 1.82) is 5.26 Å². The van der Waals surface area contributed by atoms with Crippen LogP contribution in [0.1, 0.15) is 16.7 Å². The normalized spacial score (nSPS) is 9.79. The molecule has 0 aliphatic carbocycles. The molecule has 3 nitrogen and oxygen atoms in total. The van der Waals surface area contributed by atoms with Gasteiger partial charge in [0.05, 0.1) is 18.4 Å². The molecule has 0 aliphatic heterocycles. The van der Waals surface area contributed by atoms with Gasteiger partial charge in [-0.05, 0) is 43.2 Å². The minimum absolute atomic E-state index is 0.599. The molecule has 0 aliphatic rings. The molecule has 0 radical (unpaired) electrons. The fraction of sp³-hybridized carbons (Fsp3) is 0.188. The third-order valence-corrected chi connectivity index (χ3v) is 3.22. The average molecular weight is 252 g/mol. The molecule has 2 aromatic rings. The van der Waals surface area contributed by atoms with E-state index in [1.165, 1.54) is 11.1 Å². The number of aryl methyl sites for hydroxylation is 1. The van der Waals surface area contributed by atoms with Gasteiger partial charge in [0.25, 0.3) is 0 Å². The van der Waals surface area contributed by atoms with E-state index in [0.717, 1.165) is 17.1 Å². The fourth-order valence-electron chi connectivity index (χ4n) is 1.88.